The quantitative estimate of drug-likeness (QED) is 0.293. The minimum Gasteiger partial charge on any atom is -0.258 e. The minimum absolute atomic E-state index is 0.00956. The highest BCUT2D eigenvalue weighted by Crippen LogP contribution is 2.25. The van der Waals surface area contributed by atoms with Crippen molar-refractivity contribution in [1.82, 2.24) is 0 Å². The van der Waals surface area contributed by atoms with E-state index >= 15 is 0 Å². The van der Waals surface area contributed by atoms with Gasteiger partial charge in [-0.25, -0.2) is 0 Å². The van der Waals surface area contributed by atoms with E-state index in [0.29, 0.717) is 4.90 Å². The molecule has 0 bridgehead atoms. The standard InChI is InChI=1S/C21H16NO3S/c23-22(24)20-13-11-19(12-14-20)17-26(25,21-9-5-2-6-10-21)16-15-18-7-3-1-4-8-18/h1-14H,17H2/q+1. The second-order valence-corrected chi connectivity index (χ2v) is 7.96. The number of nitrogens with zero attached hydrogens (tertiary/aromatic N) is 1. The Morgan fingerprint density at radius 3 is 2.00 bits per heavy atom. The molecule has 0 aliphatic heterocycles. The smallest absolute Gasteiger partial charge is 0.258 e. The summed E-state index contributed by atoms with van der Waals surface area (Å²) in [7, 11) is -2.68. The SMILES string of the molecule is O=[N+]([O-])c1ccc(C[S+](=O)(C#Cc2ccccc2)c2ccccc2)cc1. The maximum atomic E-state index is 13.6. The predicted molar refractivity (Wildman–Crippen MR) is 103 cm³/mol. The van der Waals surface area contributed by atoms with Crippen LogP contribution in [0.4, 0.5) is 5.69 Å². The highest BCUT2D eigenvalue weighted by Gasteiger charge is 2.30. The van der Waals surface area contributed by atoms with Gasteiger partial charge in [-0.15, -0.1) is 0 Å². The largest absolute Gasteiger partial charge is 0.269 e. The summed E-state index contributed by atoms with van der Waals surface area (Å²) in [6, 6.07) is 24.6. The molecule has 0 fully saturated rings. The van der Waals surface area contributed by atoms with Crippen molar-refractivity contribution >= 4 is 15.6 Å². The molecule has 3 rings (SSSR count). The fourth-order valence-corrected chi connectivity index (χ4v) is 4.33. The summed E-state index contributed by atoms with van der Waals surface area (Å²) in [5.41, 5.74) is 1.54. The van der Waals surface area contributed by atoms with Crippen molar-refractivity contribution < 1.29 is 9.13 Å². The van der Waals surface area contributed by atoms with Gasteiger partial charge in [0.05, 0.1) is 4.92 Å². The van der Waals surface area contributed by atoms with Gasteiger partial charge < -0.3 is 0 Å². The van der Waals surface area contributed by atoms with Crippen molar-refractivity contribution in [2.75, 3.05) is 0 Å². The van der Waals surface area contributed by atoms with Crippen LogP contribution in [-0.4, -0.2) is 4.92 Å². The first-order valence-electron chi connectivity index (χ1n) is 7.95. The lowest BCUT2D eigenvalue weighted by Gasteiger charge is -2.05. The Morgan fingerprint density at radius 1 is 0.846 bits per heavy atom. The number of hydrogen-bond donors (Lipinski definition) is 0. The lowest BCUT2D eigenvalue weighted by molar-refractivity contribution is -0.384. The average Bonchev–Trinajstić information content (AvgIpc) is 2.68. The topological polar surface area (TPSA) is 60.2 Å². The Morgan fingerprint density at radius 2 is 1.42 bits per heavy atom. The Balaban J connectivity index is 1.97. The molecule has 0 spiro atoms. The van der Waals surface area contributed by atoms with E-state index in [9.17, 15) is 14.3 Å². The van der Waals surface area contributed by atoms with Gasteiger partial charge in [0.15, 0.2) is 25.8 Å². The highest BCUT2D eigenvalue weighted by atomic mass is 32.2. The zero-order valence-corrected chi connectivity index (χ0v) is 14.7. The Kier molecular flexibility index (Phi) is 5.26. The van der Waals surface area contributed by atoms with Gasteiger partial charge in [0, 0.05) is 23.3 Å². The summed E-state index contributed by atoms with van der Waals surface area (Å²) in [6.07, 6.45) is 0. The molecule has 128 valence electrons. The first-order chi connectivity index (χ1) is 12.6. The Labute approximate surface area is 153 Å². The molecular weight excluding hydrogens is 346 g/mol. The molecule has 0 saturated heterocycles. The lowest BCUT2D eigenvalue weighted by Crippen LogP contribution is -2.12. The number of non-ortho nitro benzene ring substituents is 1. The molecule has 4 nitrogen and oxygen atoms in total. The van der Waals surface area contributed by atoms with Crippen LogP contribution in [0.25, 0.3) is 0 Å². The van der Waals surface area contributed by atoms with Gasteiger partial charge in [0.25, 0.3) is 5.69 Å². The summed E-state index contributed by atoms with van der Waals surface area (Å²) in [5.74, 6) is 3.20. The molecular formula is C21H16NO3S+. The summed E-state index contributed by atoms with van der Waals surface area (Å²) >= 11 is 0. The number of hydrogen-bond acceptors (Lipinski definition) is 3. The molecule has 0 heterocycles. The van der Waals surface area contributed by atoms with E-state index in [1.165, 1.54) is 12.1 Å². The average molecular weight is 362 g/mol. The van der Waals surface area contributed by atoms with E-state index in [1.54, 1.807) is 24.3 Å². The molecule has 5 heteroatoms. The summed E-state index contributed by atoms with van der Waals surface area (Å²) in [5, 5.41) is 13.8. The highest BCUT2D eigenvalue weighted by molar-refractivity contribution is 8.06. The van der Waals surface area contributed by atoms with Gasteiger partial charge in [0.1, 0.15) is 0 Å². The van der Waals surface area contributed by atoms with Crippen LogP contribution in [0.15, 0.2) is 89.8 Å². The van der Waals surface area contributed by atoms with Crippen LogP contribution in [0, 0.1) is 21.3 Å². The van der Waals surface area contributed by atoms with E-state index in [1.807, 2.05) is 48.5 Å². The molecule has 1 atom stereocenters. The van der Waals surface area contributed by atoms with Gasteiger partial charge in [-0.3, -0.25) is 10.1 Å². The van der Waals surface area contributed by atoms with Crippen LogP contribution in [0.2, 0.25) is 0 Å². The number of nitro groups is 1. The van der Waals surface area contributed by atoms with E-state index in [4.69, 9.17) is 0 Å². The monoisotopic (exact) mass is 362 g/mol. The number of nitro benzene ring substituents is 1. The van der Waals surface area contributed by atoms with Crippen LogP contribution in [0.3, 0.4) is 0 Å². The van der Waals surface area contributed by atoms with E-state index in [2.05, 4.69) is 11.2 Å². The van der Waals surface area contributed by atoms with Gasteiger partial charge in [0.2, 0.25) is 0 Å². The molecule has 3 aromatic carbocycles. The van der Waals surface area contributed by atoms with E-state index in [0.717, 1.165) is 11.1 Å². The second-order valence-electron chi connectivity index (χ2n) is 5.65. The zero-order chi connectivity index (χ0) is 18.4. The minimum atomic E-state index is -2.68. The molecule has 0 aromatic heterocycles. The first kappa shape index (κ1) is 17.6. The summed E-state index contributed by atoms with van der Waals surface area (Å²) in [6.45, 7) is 0. The molecule has 0 aliphatic carbocycles. The fraction of sp³-hybridized carbons (Fsp3) is 0.0476. The van der Waals surface area contributed by atoms with Crippen LogP contribution >= 0.6 is 0 Å². The van der Waals surface area contributed by atoms with Crippen molar-refractivity contribution in [3.05, 3.63) is 106 Å². The van der Waals surface area contributed by atoms with Crippen molar-refractivity contribution in [2.24, 2.45) is 0 Å². The molecule has 0 aliphatic rings. The molecule has 0 N–H and O–H groups in total. The number of rotatable bonds is 4. The third-order valence-corrected chi connectivity index (χ3v) is 5.98. The van der Waals surface area contributed by atoms with E-state index in [-0.39, 0.29) is 11.4 Å². The van der Waals surface area contributed by atoms with E-state index < -0.39 is 14.9 Å². The maximum absolute atomic E-state index is 13.6. The summed E-state index contributed by atoms with van der Waals surface area (Å²) in [4.78, 5) is 11.0. The zero-order valence-electron chi connectivity index (χ0n) is 13.9. The third kappa shape index (κ3) is 4.24. The summed E-state index contributed by atoms with van der Waals surface area (Å²) < 4.78 is 13.6. The van der Waals surface area contributed by atoms with Crippen LogP contribution in [0.5, 0.6) is 0 Å². The van der Waals surface area contributed by atoms with Gasteiger partial charge >= 0.3 is 0 Å². The third-order valence-electron chi connectivity index (χ3n) is 3.78. The molecule has 0 amide bonds. The normalized spacial score (nSPS) is 12.5. The van der Waals surface area contributed by atoms with Crippen LogP contribution < -0.4 is 0 Å². The molecule has 3 aromatic rings. The Bertz CT molecular complexity index is 1000. The van der Waals surface area contributed by atoms with Gasteiger partial charge in [-0.05, 0) is 42.3 Å². The number of benzene rings is 3. The van der Waals surface area contributed by atoms with Crippen molar-refractivity contribution in [1.29, 1.82) is 0 Å². The first-order valence-corrected chi connectivity index (χ1v) is 9.68. The Hall–Kier alpha value is -3.23. The van der Waals surface area contributed by atoms with Crippen LogP contribution in [0.1, 0.15) is 11.1 Å². The predicted octanol–water partition coefficient (Wildman–Crippen LogP) is 4.66. The van der Waals surface area contributed by atoms with Gasteiger partial charge in [-0.1, -0.05) is 40.6 Å². The second kappa shape index (κ2) is 7.77. The maximum Gasteiger partial charge on any atom is 0.269 e. The van der Waals surface area contributed by atoms with Crippen molar-refractivity contribution in [3.63, 3.8) is 0 Å². The lowest BCUT2D eigenvalue weighted by atomic mass is 10.2. The molecule has 1 unspecified atom stereocenters. The molecule has 26 heavy (non-hydrogen) atoms. The van der Waals surface area contributed by atoms with Crippen LogP contribution in [-0.2, 0) is 19.9 Å². The van der Waals surface area contributed by atoms with Crippen molar-refractivity contribution in [2.45, 2.75) is 10.6 Å². The van der Waals surface area contributed by atoms with Gasteiger partial charge in [-0.2, -0.15) is 0 Å². The fourth-order valence-electron chi connectivity index (χ4n) is 2.43. The molecule has 0 radical (unpaired) electrons. The molecule has 0 saturated carbocycles. The van der Waals surface area contributed by atoms with Crippen molar-refractivity contribution in [3.8, 4) is 11.2 Å².